The van der Waals surface area contributed by atoms with Gasteiger partial charge in [0.15, 0.2) is 0 Å². The first kappa shape index (κ1) is 16.3. The fourth-order valence-electron chi connectivity index (χ4n) is 2.56. The number of hydrogen-bond acceptors (Lipinski definition) is 3. The van der Waals surface area contributed by atoms with Crippen LogP contribution in [-0.4, -0.2) is 14.3 Å². The highest BCUT2D eigenvalue weighted by atomic mass is 35.5. The molecule has 0 aliphatic rings. The van der Waals surface area contributed by atoms with Gasteiger partial charge < -0.3 is 10.3 Å². The smallest absolute Gasteiger partial charge is 0.250 e. The number of aromatic nitrogens is 3. The summed E-state index contributed by atoms with van der Waals surface area (Å²) in [7, 11) is 0. The Balaban J connectivity index is 1.97. The van der Waals surface area contributed by atoms with Crippen LogP contribution in [-0.2, 0) is 6.54 Å². The van der Waals surface area contributed by atoms with E-state index in [-0.39, 0.29) is 5.56 Å². The zero-order chi connectivity index (χ0) is 17.3. The van der Waals surface area contributed by atoms with Gasteiger partial charge in [-0.15, -0.1) is 0 Å². The Bertz CT molecular complexity index is 927. The van der Waals surface area contributed by atoms with Crippen molar-refractivity contribution in [3.05, 3.63) is 64.3 Å². The molecule has 2 N–H and O–H groups in total. The Hall–Kier alpha value is -2.53. The third-order valence-corrected chi connectivity index (χ3v) is 3.99. The first-order valence-electron chi connectivity index (χ1n) is 7.75. The Labute approximate surface area is 145 Å². The van der Waals surface area contributed by atoms with Gasteiger partial charge in [-0.2, -0.15) is 5.10 Å². The molecule has 0 aliphatic carbocycles. The molecule has 0 spiro atoms. The Kier molecular flexibility index (Phi) is 4.44. The number of pyridine rings is 1. The van der Waals surface area contributed by atoms with Crippen LogP contribution in [0.5, 0.6) is 0 Å². The van der Waals surface area contributed by atoms with Gasteiger partial charge in [-0.05, 0) is 24.1 Å². The van der Waals surface area contributed by atoms with E-state index in [2.05, 4.69) is 18.9 Å². The number of benzene rings is 1. The van der Waals surface area contributed by atoms with E-state index in [1.807, 2.05) is 18.5 Å². The molecule has 0 bridgehead atoms. The molecule has 0 fully saturated rings. The highest BCUT2D eigenvalue weighted by Crippen LogP contribution is 2.29. The zero-order valence-corrected chi connectivity index (χ0v) is 14.4. The van der Waals surface area contributed by atoms with Gasteiger partial charge in [0, 0.05) is 41.8 Å². The maximum atomic E-state index is 11.9. The molecule has 24 heavy (non-hydrogen) atoms. The molecule has 0 atom stereocenters. The molecule has 124 valence electrons. The quantitative estimate of drug-likeness (QED) is 0.737. The summed E-state index contributed by atoms with van der Waals surface area (Å²) >= 11 is 6.26. The van der Waals surface area contributed by atoms with Gasteiger partial charge in [0.2, 0.25) is 0 Å². The molecule has 2 heterocycles. The number of hydrogen-bond donors (Lipinski definition) is 1. The molecule has 2 aromatic heterocycles. The van der Waals surface area contributed by atoms with Gasteiger partial charge in [-0.3, -0.25) is 4.79 Å². The molecule has 1 aromatic carbocycles. The minimum atomic E-state index is -0.0126. The van der Waals surface area contributed by atoms with E-state index in [0.29, 0.717) is 23.2 Å². The van der Waals surface area contributed by atoms with Crippen LogP contribution < -0.4 is 11.3 Å². The lowest BCUT2D eigenvalue weighted by Crippen LogP contribution is -2.21. The van der Waals surface area contributed by atoms with E-state index in [0.717, 1.165) is 16.8 Å². The fourth-order valence-corrected chi connectivity index (χ4v) is 2.86. The Morgan fingerprint density at radius 1 is 1.21 bits per heavy atom. The van der Waals surface area contributed by atoms with E-state index in [1.165, 1.54) is 0 Å². The molecule has 6 heteroatoms. The van der Waals surface area contributed by atoms with Crippen molar-refractivity contribution >= 4 is 17.3 Å². The second-order valence-electron chi connectivity index (χ2n) is 6.18. The van der Waals surface area contributed by atoms with Crippen molar-refractivity contribution in [1.29, 1.82) is 0 Å². The highest BCUT2D eigenvalue weighted by Gasteiger charge is 2.09. The van der Waals surface area contributed by atoms with Crippen molar-refractivity contribution in [3.63, 3.8) is 0 Å². The van der Waals surface area contributed by atoms with E-state index >= 15 is 0 Å². The first-order valence-corrected chi connectivity index (χ1v) is 8.13. The van der Waals surface area contributed by atoms with Crippen molar-refractivity contribution in [2.45, 2.75) is 20.4 Å². The topological polar surface area (TPSA) is 65.8 Å². The molecule has 3 aromatic rings. The van der Waals surface area contributed by atoms with Gasteiger partial charge in [0.25, 0.3) is 5.56 Å². The number of rotatable bonds is 4. The van der Waals surface area contributed by atoms with Crippen LogP contribution in [0.2, 0.25) is 5.02 Å². The van der Waals surface area contributed by atoms with Crippen LogP contribution in [0.15, 0.2) is 53.7 Å². The average Bonchev–Trinajstić information content (AvgIpc) is 2.98. The van der Waals surface area contributed by atoms with Crippen LogP contribution in [0.3, 0.4) is 0 Å². The van der Waals surface area contributed by atoms with Gasteiger partial charge in [-0.1, -0.05) is 31.5 Å². The summed E-state index contributed by atoms with van der Waals surface area (Å²) in [4.78, 5) is 11.9. The Morgan fingerprint density at radius 3 is 2.71 bits per heavy atom. The van der Waals surface area contributed by atoms with Crippen LogP contribution in [0, 0.1) is 5.92 Å². The average molecular weight is 343 g/mol. The molecular formula is C18H19ClN4O. The molecule has 5 nitrogen and oxygen atoms in total. The molecule has 0 amide bonds. The van der Waals surface area contributed by atoms with E-state index < -0.39 is 0 Å². The van der Waals surface area contributed by atoms with E-state index in [1.54, 1.807) is 39.7 Å². The van der Waals surface area contributed by atoms with Crippen molar-refractivity contribution in [3.8, 4) is 16.8 Å². The lowest BCUT2D eigenvalue weighted by Gasteiger charge is -2.10. The predicted octanol–water partition coefficient (Wildman–Crippen LogP) is 3.59. The summed E-state index contributed by atoms with van der Waals surface area (Å²) in [5.74, 6) is 0.389. The lowest BCUT2D eigenvalue weighted by atomic mass is 10.1. The van der Waals surface area contributed by atoms with Gasteiger partial charge in [0.05, 0.1) is 16.9 Å². The van der Waals surface area contributed by atoms with Crippen molar-refractivity contribution < 1.29 is 0 Å². The summed E-state index contributed by atoms with van der Waals surface area (Å²) in [6.45, 7) is 4.83. The normalized spacial score (nSPS) is 11.2. The maximum absolute atomic E-state index is 11.9. The number of nitrogen functional groups attached to an aromatic ring is 1. The second-order valence-corrected chi connectivity index (χ2v) is 6.59. The minimum absolute atomic E-state index is 0.0126. The summed E-state index contributed by atoms with van der Waals surface area (Å²) in [6.07, 6.45) is 5.45. The third-order valence-electron chi connectivity index (χ3n) is 3.68. The van der Waals surface area contributed by atoms with Crippen molar-refractivity contribution in [2.75, 3.05) is 5.73 Å². The van der Waals surface area contributed by atoms with Gasteiger partial charge in [-0.25, -0.2) is 4.68 Å². The molecule has 0 unspecified atom stereocenters. The summed E-state index contributed by atoms with van der Waals surface area (Å²) in [6, 6.07) is 8.73. The van der Waals surface area contributed by atoms with Crippen LogP contribution in [0.25, 0.3) is 16.8 Å². The van der Waals surface area contributed by atoms with Crippen molar-refractivity contribution in [2.24, 2.45) is 5.92 Å². The van der Waals surface area contributed by atoms with Crippen LogP contribution in [0.4, 0.5) is 5.69 Å². The molecule has 0 saturated carbocycles. The lowest BCUT2D eigenvalue weighted by molar-refractivity contribution is 0.509. The monoisotopic (exact) mass is 342 g/mol. The number of nitrogens with zero attached hydrogens (tertiary/aromatic N) is 3. The van der Waals surface area contributed by atoms with Gasteiger partial charge >= 0.3 is 0 Å². The Morgan fingerprint density at radius 2 is 2.00 bits per heavy atom. The summed E-state index contributed by atoms with van der Waals surface area (Å²) in [5.41, 5.74) is 8.93. The maximum Gasteiger partial charge on any atom is 0.250 e. The number of nitrogens with two attached hydrogens (primary N) is 1. The van der Waals surface area contributed by atoms with Gasteiger partial charge in [0.1, 0.15) is 0 Å². The first-order chi connectivity index (χ1) is 11.4. The van der Waals surface area contributed by atoms with Crippen LogP contribution in [0.1, 0.15) is 13.8 Å². The predicted molar refractivity (Wildman–Crippen MR) is 97.5 cm³/mol. The van der Waals surface area contributed by atoms with Crippen molar-refractivity contribution in [1.82, 2.24) is 14.3 Å². The standard InChI is InChI=1S/C18H19ClN4O/c1-12(2)9-22-11-15(4-6-18(22)24)23-10-13(8-21-23)16-5-3-14(20)7-17(16)19/h3-8,10-12H,9,20H2,1-2H3. The van der Waals surface area contributed by atoms with E-state index in [9.17, 15) is 4.79 Å². The van der Waals surface area contributed by atoms with E-state index in [4.69, 9.17) is 17.3 Å². The second kappa shape index (κ2) is 6.53. The fraction of sp³-hybridized carbons (Fsp3) is 0.222. The molecule has 0 saturated heterocycles. The minimum Gasteiger partial charge on any atom is -0.399 e. The zero-order valence-electron chi connectivity index (χ0n) is 13.6. The SMILES string of the molecule is CC(C)Cn1cc(-n2cc(-c3ccc(N)cc3Cl)cn2)ccc1=O. The number of halogens is 1. The van der Waals surface area contributed by atoms with Crippen LogP contribution >= 0.6 is 11.6 Å². The largest absolute Gasteiger partial charge is 0.399 e. The third kappa shape index (κ3) is 3.36. The summed E-state index contributed by atoms with van der Waals surface area (Å²) < 4.78 is 3.44. The summed E-state index contributed by atoms with van der Waals surface area (Å²) in [5, 5.41) is 4.97. The molecule has 3 rings (SSSR count). The molecular weight excluding hydrogens is 324 g/mol. The molecule has 0 radical (unpaired) electrons. The molecule has 0 aliphatic heterocycles. The highest BCUT2D eigenvalue weighted by molar-refractivity contribution is 6.33. The number of anilines is 1.